The van der Waals surface area contributed by atoms with E-state index in [0.717, 1.165) is 12.5 Å². The highest BCUT2D eigenvalue weighted by molar-refractivity contribution is 5.97. The first-order chi connectivity index (χ1) is 13.2. The lowest BCUT2D eigenvalue weighted by Crippen LogP contribution is -2.47. The summed E-state index contributed by atoms with van der Waals surface area (Å²) in [6, 6.07) is 1.55. The van der Waals surface area contributed by atoms with E-state index >= 15 is 0 Å². The van der Waals surface area contributed by atoms with Gasteiger partial charge in [-0.25, -0.2) is 4.79 Å². The number of aryl methyl sites for hydroxylation is 1. The number of piperidine rings is 1. The zero-order valence-electron chi connectivity index (χ0n) is 16.9. The van der Waals surface area contributed by atoms with Crippen molar-refractivity contribution in [3.63, 3.8) is 0 Å². The molecule has 10 heteroatoms. The van der Waals surface area contributed by atoms with Crippen molar-refractivity contribution in [2.24, 2.45) is 5.41 Å². The Morgan fingerprint density at radius 3 is 2.48 bits per heavy atom. The standard InChI is InChI=1S/C19H24F3N3O4/c1-10-6-7-13(28-19(20,21)22)23-14(10)24-15(26)11-8-18(5)9-12(18)25(11)16(27)29-17(2,3)4/h6-7,11-12H,8-9H2,1-5H3,(H,23,24,26)/t11-,12+,18-/m0/s1. The van der Waals surface area contributed by atoms with Crippen LogP contribution >= 0.6 is 0 Å². The van der Waals surface area contributed by atoms with Crippen molar-refractivity contribution in [1.82, 2.24) is 9.88 Å². The van der Waals surface area contributed by atoms with Crippen LogP contribution in [0.3, 0.4) is 0 Å². The van der Waals surface area contributed by atoms with Crippen molar-refractivity contribution in [3.8, 4) is 5.88 Å². The van der Waals surface area contributed by atoms with E-state index in [1.807, 2.05) is 6.92 Å². The molecular formula is C19H24F3N3O4. The summed E-state index contributed by atoms with van der Waals surface area (Å²) in [5.74, 6) is -1.25. The van der Waals surface area contributed by atoms with Crippen LogP contribution < -0.4 is 10.1 Å². The predicted molar refractivity (Wildman–Crippen MR) is 97.3 cm³/mol. The molecule has 0 spiro atoms. The fourth-order valence-corrected chi connectivity index (χ4v) is 3.59. The number of hydrogen-bond donors (Lipinski definition) is 1. The highest BCUT2D eigenvalue weighted by Crippen LogP contribution is 2.59. The quantitative estimate of drug-likeness (QED) is 0.807. The molecule has 2 fully saturated rings. The Kier molecular flexibility index (Phi) is 4.95. The van der Waals surface area contributed by atoms with Gasteiger partial charge in [0.1, 0.15) is 17.5 Å². The predicted octanol–water partition coefficient (Wildman–Crippen LogP) is 4.02. The van der Waals surface area contributed by atoms with Gasteiger partial charge in [0.2, 0.25) is 11.8 Å². The lowest BCUT2D eigenvalue weighted by Gasteiger charge is -2.29. The molecule has 0 aromatic carbocycles. The summed E-state index contributed by atoms with van der Waals surface area (Å²) in [6.45, 7) is 8.80. The van der Waals surface area contributed by atoms with Crippen LogP contribution in [-0.4, -0.2) is 45.9 Å². The normalized spacial score (nSPS) is 26.0. The molecule has 7 nitrogen and oxygen atoms in total. The molecule has 1 saturated heterocycles. The Morgan fingerprint density at radius 2 is 1.90 bits per heavy atom. The SMILES string of the molecule is Cc1ccc(OC(F)(F)F)nc1NC(=O)[C@@H]1C[C@@]2(C)C[C@H]2N1C(=O)OC(C)(C)C. The number of nitrogens with one attached hydrogen (secondary N) is 1. The van der Waals surface area contributed by atoms with Gasteiger partial charge in [0, 0.05) is 12.1 Å². The number of rotatable bonds is 3. The van der Waals surface area contributed by atoms with E-state index in [0.29, 0.717) is 12.0 Å². The van der Waals surface area contributed by atoms with Gasteiger partial charge < -0.3 is 14.8 Å². The number of halogens is 3. The Bertz CT molecular complexity index is 837. The van der Waals surface area contributed by atoms with Crippen LogP contribution in [0.25, 0.3) is 0 Å². The summed E-state index contributed by atoms with van der Waals surface area (Å²) in [6.07, 6.45) is -4.25. The van der Waals surface area contributed by atoms with Crippen LogP contribution in [-0.2, 0) is 9.53 Å². The molecule has 160 valence electrons. The summed E-state index contributed by atoms with van der Waals surface area (Å²) in [5.41, 5.74) is -0.415. The zero-order valence-corrected chi connectivity index (χ0v) is 16.9. The highest BCUT2D eigenvalue weighted by Gasteiger charge is 2.65. The van der Waals surface area contributed by atoms with E-state index < -0.39 is 35.9 Å². The molecule has 1 aromatic rings. The van der Waals surface area contributed by atoms with E-state index in [2.05, 4.69) is 15.0 Å². The smallest absolute Gasteiger partial charge is 0.444 e. The average Bonchev–Trinajstić information content (AvgIpc) is 3.08. The van der Waals surface area contributed by atoms with Crippen molar-refractivity contribution in [1.29, 1.82) is 0 Å². The van der Waals surface area contributed by atoms with Crippen LogP contribution in [0.5, 0.6) is 5.88 Å². The first-order valence-electron chi connectivity index (χ1n) is 9.24. The highest BCUT2D eigenvalue weighted by atomic mass is 19.4. The second kappa shape index (κ2) is 6.77. The molecule has 0 radical (unpaired) electrons. The maximum absolute atomic E-state index is 12.9. The minimum Gasteiger partial charge on any atom is -0.444 e. The van der Waals surface area contributed by atoms with Crippen LogP contribution in [0.15, 0.2) is 12.1 Å². The maximum atomic E-state index is 12.9. The van der Waals surface area contributed by atoms with E-state index in [-0.39, 0.29) is 17.3 Å². The molecule has 2 amide bonds. The van der Waals surface area contributed by atoms with Gasteiger partial charge in [-0.15, -0.1) is 13.2 Å². The topological polar surface area (TPSA) is 80.8 Å². The third-order valence-corrected chi connectivity index (χ3v) is 5.08. The van der Waals surface area contributed by atoms with Gasteiger partial charge in [0.15, 0.2) is 0 Å². The minimum absolute atomic E-state index is 0.0494. The monoisotopic (exact) mass is 415 g/mol. The third-order valence-electron chi connectivity index (χ3n) is 5.08. The number of alkyl halides is 3. The number of aromatic nitrogens is 1. The number of fused-ring (bicyclic) bond motifs is 1. The number of carbonyl (C=O) groups is 2. The molecule has 3 atom stereocenters. The van der Waals surface area contributed by atoms with E-state index in [1.54, 1.807) is 27.7 Å². The molecule has 1 aromatic heterocycles. The van der Waals surface area contributed by atoms with Gasteiger partial charge in [-0.1, -0.05) is 13.0 Å². The van der Waals surface area contributed by atoms with Crippen molar-refractivity contribution < 1.29 is 32.2 Å². The summed E-state index contributed by atoms with van der Waals surface area (Å²) in [7, 11) is 0. The van der Waals surface area contributed by atoms with Crippen LogP contribution in [0.2, 0.25) is 0 Å². The number of amides is 2. The molecular weight excluding hydrogens is 391 g/mol. The van der Waals surface area contributed by atoms with E-state index in [4.69, 9.17) is 4.74 Å². The molecule has 1 saturated carbocycles. The van der Waals surface area contributed by atoms with Crippen molar-refractivity contribution >= 4 is 17.8 Å². The molecule has 29 heavy (non-hydrogen) atoms. The van der Waals surface area contributed by atoms with Gasteiger partial charge in [0.05, 0.1) is 0 Å². The number of nitrogens with zero attached hydrogens (tertiary/aromatic N) is 2. The van der Waals surface area contributed by atoms with Gasteiger partial charge in [-0.2, -0.15) is 4.98 Å². The number of ether oxygens (including phenoxy) is 2. The fraction of sp³-hybridized carbons (Fsp3) is 0.632. The van der Waals surface area contributed by atoms with E-state index in [9.17, 15) is 22.8 Å². The van der Waals surface area contributed by atoms with Gasteiger partial charge >= 0.3 is 12.5 Å². The van der Waals surface area contributed by atoms with Crippen LogP contribution in [0.4, 0.5) is 23.8 Å². The number of anilines is 1. The van der Waals surface area contributed by atoms with Crippen LogP contribution in [0.1, 0.15) is 46.1 Å². The molecule has 1 aliphatic carbocycles. The second-order valence-corrected chi connectivity index (χ2v) is 8.83. The van der Waals surface area contributed by atoms with Crippen molar-refractivity contribution in [2.45, 2.75) is 71.5 Å². The summed E-state index contributed by atoms with van der Waals surface area (Å²) in [4.78, 5) is 30.7. The average molecular weight is 415 g/mol. The Morgan fingerprint density at radius 1 is 1.24 bits per heavy atom. The van der Waals surface area contributed by atoms with Crippen LogP contribution in [0, 0.1) is 12.3 Å². The molecule has 2 heterocycles. The molecule has 3 rings (SSSR count). The van der Waals surface area contributed by atoms with Crippen molar-refractivity contribution in [3.05, 3.63) is 17.7 Å². The zero-order chi connectivity index (χ0) is 21.8. The molecule has 0 unspecified atom stereocenters. The summed E-state index contributed by atoms with van der Waals surface area (Å²) >= 11 is 0. The maximum Gasteiger partial charge on any atom is 0.574 e. The molecule has 1 N–H and O–H groups in total. The summed E-state index contributed by atoms with van der Waals surface area (Å²) < 4.78 is 46.6. The van der Waals surface area contributed by atoms with Gasteiger partial charge in [-0.3, -0.25) is 9.69 Å². The Balaban J connectivity index is 1.77. The largest absolute Gasteiger partial charge is 0.574 e. The fourth-order valence-electron chi connectivity index (χ4n) is 3.59. The number of carbonyl (C=O) groups excluding carboxylic acids is 2. The minimum atomic E-state index is -4.89. The first kappa shape index (κ1) is 21.2. The lowest BCUT2D eigenvalue weighted by atomic mass is 10.0. The number of pyridine rings is 1. The second-order valence-electron chi connectivity index (χ2n) is 8.83. The van der Waals surface area contributed by atoms with E-state index in [1.165, 1.54) is 11.0 Å². The molecule has 1 aliphatic heterocycles. The van der Waals surface area contributed by atoms with Gasteiger partial charge in [0.25, 0.3) is 0 Å². The summed E-state index contributed by atoms with van der Waals surface area (Å²) in [5, 5.41) is 2.54. The van der Waals surface area contributed by atoms with Gasteiger partial charge in [-0.05, 0) is 51.5 Å². The van der Waals surface area contributed by atoms with Crippen molar-refractivity contribution in [2.75, 3.05) is 5.32 Å². The molecule has 2 aliphatic rings. The molecule has 0 bridgehead atoms. The number of likely N-dealkylation sites (tertiary alicyclic amines) is 1. The first-order valence-corrected chi connectivity index (χ1v) is 9.24. The lowest BCUT2D eigenvalue weighted by molar-refractivity contribution is -0.276. The third kappa shape index (κ3) is 4.73. The Labute approximate surface area is 166 Å². The number of hydrogen-bond acceptors (Lipinski definition) is 5. The Hall–Kier alpha value is -2.52.